The van der Waals surface area contributed by atoms with Gasteiger partial charge in [-0.2, -0.15) is 0 Å². The second-order valence-electron chi connectivity index (χ2n) is 6.42. The van der Waals surface area contributed by atoms with Crippen LogP contribution in [0.5, 0.6) is 5.75 Å². The minimum Gasteiger partial charge on any atom is -0.508 e. The fourth-order valence-corrected chi connectivity index (χ4v) is 2.81. The van der Waals surface area contributed by atoms with Crippen molar-refractivity contribution in [3.8, 4) is 5.75 Å². The van der Waals surface area contributed by atoms with E-state index in [1.54, 1.807) is 23.9 Å². The van der Waals surface area contributed by atoms with Crippen molar-refractivity contribution in [2.45, 2.75) is 42.6 Å². The second kappa shape index (κ2) is 8.11. The molecule has 5 heteroatoms. The van der Waals surface area contributed by atoms with Gasteiger partial charge in [-0.25, -0.2) is 4.79 Å². The number of benzene rings is 2. The Hall–Kier alpha value is -2.14. The van der Waals surface area contributed by atoms with E-state index in [0.29, 0.717) is 6.54 Å². The van der Waals surface area contributed by atoms with E-state index in [1.807, 2.05) is 32.9 Å². The van der Waals surface area contributed by atoms with E-state index in [0.717, 1.165) is 21.8 Å². The van der Waals surface area contributed by atoms with E-state index >= 15 is 0 Å². The van der Waals surface area contributed by atoms with Gasteiger partial charge in [-0.15, -0.1) is 0 Å². The molecule has 0 saturated carbocycles. The minimum absolute atomic E-state index is 0.271. The maximum Gasteiger partial charge on any atom is 0.407 e. The van der Waals surface area contributed by atoms with Gasteiger partial charge in [0.1, 0.15) is 11.4 Å². The first-order valence-electron chi connectivity index (χ1n) is 7.84. The standard InChI is InChI=1S/C19H23NO3S/c1-19(2,3)23-18(22)20-13-12-14-4-8-16(9-5-14)24-17-10-6-15(21)7-11-17/h4-11,21H,12-13H2,1-3H3,(H,20,22). The van der Waals surface area contributed by atoms with Gasteiger partial charge in [-0.3, -0.25) is 0 Å². The predicted octanol–water partition coefficient (Wildman–Crippen LogP) is 4.61. The molecule has 128 valence electrons. The topological polar surface area (TPSA) is 58.6 Å². The molecule has 0 aliphatic rings. The molecule has 4 nitrogen and oxygen atoms in total. The third kappa shape index (κ3) is 6.54. The number of alkyl carbamates (subject to hydrolysis) is 1. The summed E-state index contributed by atoms with van der Waals surface area (Å²) in [5, 5.41) is 12.1. The van der Waals surface area contributed by atoms with Crippen LogP contribution < -0.4 is 5.32 Å². The smallest absolute Gasteiger partial charge is 0.407 e. The van der Waals surface area contributed by atoms with Gasteiger partial charge in [0.15, 0.2) is 0 Å². The zero-order chi connectivity index (χ0) is 17.6. The van der Waals surface area contributed by atoms with Gasteiger partial charge in [0.25, 0.3) is 0 Å². The Kier molecular flexibility index (Phi) is 6.15. The van der Waals surface area contributed by atoms with Crippen molar-refractivity contribution in [3.05, 3.63) is 54.1 Å². The fraction of sp³-hybridized carbons (Fsp3) is 0.316. The summed E-state index contributed by atoms with van der Waals surface area (Å²) in [5.41, 5.74) is 0.679. The third-order valence-electron chi connectivity index (χ3n) is 3.08. The van der Waals surface area contributed by atoms with Crippen LogP contribution in [-0.2, 0) is 11.2 Å². The molecule has 0 heterocycles. The highest BCUT2D eigenvalue weighted by atomic mass is 32.2. The van der Waals surface area contributed by atoms with E-state index in [-0.39, 0.29) is 11.8 Å². The number of amides is 1. The second-order valence-corrected chi connectivity index (χ2v) is 7.57. The van der Waals surface area contributed by atoms with Crippen LogP contribution in [0.4, 0.5) is 4.79 Å². The number of aromatic hydroxyl groups is 1. The summed E-state index contributed by atoms with van der Waals surface area (Å²) in [6.07, 6.45) is 0.366. The van der Waals surface area contributed by atoms with Crippen LogP contribution in [0.25, 0.3) is 0 Å². The first-order chi connectivity index (χ1) is 11.3. The lowest BCUT2D eigenvalue weighted by molar-refractivity contribution is 0.0528. The molecular weight excluding hydrogens is 322 g/mol. The van der Waals surface area contributed by atoms with E-state index in [2.05, 4.69) is 29.6 Å². The van der Waals surface area contributed by atoms with Crippen molar-refractivity contribution in [1.82, 2.24) is 5.32 Å². The molecule has 0 bridgehead atoms. The molecular formula is C19H23NO3S. The maximum atomic E-state index is 11.6. The van der Waals surface area contributed by atoms with Gasteiger partial charge < -0.3 is 15.2 Å². The molecule has 0 radical (unpaired) electrons. The largest absolute Gasteiger partial charge is 0.508 e. The number of carbonyl (C=O) groups is 1. The molecule has 0 atom stereocenters. The van der Waals surface area contributed by atoms with Crippen LogP contribution in [0.2, 0.25) is 0 Å². The highest BCUT2D eigenvalue weighted by molar-refractivity contribution is 7.99. The molecule has 2 N–H and O–H groups in total. The summed E-state index contributed by atoms with van der Waals surface area (Å²) in [7, 11) is 0. The van der Waals surface area contributed by atoms with Crippen molar-refractivity contribution >= 4 is 17.9 Å². The van der Waals surface area contributed by atoms with Crippen LogP contribution >= 0.6 is 11.8 Å². The SMILES string of the molecule is CC(C)(C)OC(=O)NCCc1ccc(Sc2ccc(O)cc2)cc1. The van der Waals surface area contributed by atoms with Crippen LogP contribution in [0.1, 0.15) is 26.3 Å². The van der Waals surface area contributed by atoms with E-state index in [9.17, 15) is 9.90 Å². The number of hydrogen-bond donors (Lipinski definition) is 2. The van der Waals surface area contributed by atoms with Crippen LogP contribution in [0, 0.1) is 0 Å². The molecule has 0 unspecified atom stereocenters. The third-order valence-corrected chi connectivity index (χ3v) is 4.09. The predicted molar refractivity (Wildman–Crippen MR) is 96.6 cm³/mol. The van der Waals surface area contributed by atoms with Gasteiger partial charge in [0.05, 0.1) is 0 Å². The number of carbonyl (C=O) groups excluding carboxylic acids is 1. The molecule has 0 aromatic heterocycles. The Morgan fingerprint density at radius 2 is 1.58 bits per heavy atom. The van der Waals surface area contributed by atoms with E-state index < -0.39 is 5.60 Å². The number of hydrogen-bond acceptors (Lipinski definition) is 4. The molecule has 2 rings (SSSR count). The first-order valence-corrected chi connectivity index (χ1v) is 8.66. The highest BCUT2D eigenvalue weighted by Crippen LogP contribution is 2.28. The summed E-state index contributed by atoms with van der Waals surface area (Å²) >= 11 is 1.64. The van der Waals surface area contributed by atoms with Crippen LogP contribution in [-0.4, -0.2) is 23.3 Å². The fourth-order valence-electron chi connectivity index (χ4n) is 2.00. The van der Waals surface area contributed by atoms with Gasteiger partial charge in [-0.05, 0) is 69.2 Å². The zero-order valence-electron chi connectivity index (χ0n) is 14.2. The van der Waals surface area contributed by atoms with Crippen LogP contribution in [0.3, 0.4) is 0 Å². The monoisotopic (exact) mass is 345 g/mol. The summed E-state index contributed by atoms with van der Waals surface area (Å²) in [5.74, 6) is 0.271. The van der Waals surface area contributed by atoms with Crippen molar-refractivity contribution in [2.24, 2.45) is 0 Å². The quantitative estimate of drug-likeness (QED) is 0.831. The number of ether oxygens (including phenoxy) is 1. The molecule has 24 heavy (non-hydrogen) atoms. The van der Waals surface area contributed by atoms with E-state index in [1.165, 1.54) is 0 Å². The molecule has 0 aliphatic heterocycles. The Bertz CT molecular complexity index is 661. The summed E-state index contributed by atoms with van der Waals surface area (Å²) in [6, 6.07) is 15.4. The van der Waals surface area contributed by atoms with Crippen molar-refractivity contribution in [1.29, 1.82) is 0 Å². The van der Waals surface area contributed by atoms with Crippen molar-refractivity contribution in [2.75, 3.05) is 6.54 Å². The average molecular weight is 345 g/mol. The molecule has 2 aromatic rings. The maximum absolute atomic E-state index is 11.6. The lowest BCUT2D eigenvalue weighted by atomic mass is 10.1. The van der Waals surface area contributed by atoms with Crippen molar-refractivity contribution < 1.29 is 14.6 Å². The van der Waals surface area contributed by atoms with Gasteiger partial charge in [0.2, 0.25) is 0 Å². The lowest BCUT2D eigenvalue weighted by Gasteiger charge is -2.19. The molecule has 0 aliphatic carbocycles. The van der Waals surface area contributed by atoms with Gasteiger partial charge in [-0.1, -0.05) is 23.9 Å². The van der Waals surface area contributed by atoms with Crippen LogP contribution in [0.15, 0.2) is 58.3 Å². The molecule has 0 saturated heterocycles. The lowest BCUT2D eigenvalue weighted by Crippen LogP contribution is -2.33. The molecule has 2 aromatic carbocycles. The number of phenols is 1. The Morgan fingerprint density at radius 1 is 1.04 bits per heavy atom. The zero-order valence-corrected chi connectivity index (χ0v) is 15.0. The Balaban J connectivity index is 1.79. The molecule has 0 spiro atoms. The molecule has 1 amide bonds. The number of rotatable bonds is 5. The Labute approximate surface area is 147 Å². The summed E-state index contributed by atoms with van der Waals surface area (Å²) < 4.78 is 5.20. The Morgan fingerprint density at radius 3 is 2.12 bits per heavy atom. The number of phenolic OH excluding ortho intramolecular Hbond substituents is 1. The highest BCUT2D eigenvalue weighted by Gasteiger charge is 2.15. The summed E-state index contributed by atoms with van der Waals surface area (Å²) in [4.78, 5) is 13.8. The number of nitrogens with one attached hydrogen (secondary N) is 1. The van der Waals surface area contributed by atoms with E-state index in [4.69, 9.17) is 4.74 Å². The summed E-state index contributed by atoms with van der Waals surface area (Å²) in [6.45, 7) is 6.07. The van der Waals surface area contributed by atoms with Gasteiger partial charge in [0, 0.05) is 16.3 Å². The van der Waals surface area contributed by atoms with Crippen molar-refractivity contribution in [3.63, 3.8) is 0 Å². The normalized spacial score (nSPS) is 11.1. The average Bonchev–Trinajstić information content (AvgIpc) is 2.49. The minimum atomic E-state index is -0.475. The first kappa shape index (κ1) is 18.2. The van der Waals surface area contributed by atoms with Gasteiger partial charge >= 0.3 is 6.09 Å². The molecule has 0 fully saturated rings.